The normalized spacial score (nSPS) is 14.8. The number of fused-ring (bicyclic) bond motifs is 1. The van der Waals surface area contributed by atoms with Crippen LogP contribution >= 0.6 is 11.8 Å². The van der Waals surface area contributed by atoms with Gasteiger partial charge in [0.25, 0.3) is 0 Å². The zero-order chi connectivity index (χ0) is 20.7. The highest BCUT2D eigenvalue weighted by atomic mass is 32.2. The molecular weight excluding hydrogens is 378 g/mol. The van der Waals surface area contributed by atoms with Gasteiger partial charge >= 0.3 is 5.97 Å². The van der Waals surface area contributed by atoms with E-state index in [4.69, 9.17) is 14.2 Å². The second-order valence-electron chi connectivity index (χ2n) is 5.84. The molecule has 1 aliphatic heterocycles. The molecule has 152 valence electrons. The molecule has 6 nitrogen and oxygen atoms in total. The number of ether oxygens (including phenoxy) is 3. The van der Waals surface area contributed by atoms with E-state index in [0.717, 1.165) is 22.2 Å². The van der Waals surface area contributed by atoms with Crippen molar-refractivity contribution >= 4 is 29.2 Å². The summed E-state index contributed by atoms with van der Waals surface area (Å²) in [6, 6.07) is 3.95. The molecule has 1 aromatic rings. The van der Waals surface area contributed by atoms with Gasteiger partial charge in [-0.15, -0.1) is 0 Å². The third kappa shape index (κ3) is 4.90. The van der Waals surface area contributed by atoms with E-state index in [2.05, 4.69) is 4.90 Å². The fourth-order valence-electron chi connectivity index (χ4n) is 2.79. The summed E-state index contributed by atoms with van der Waals surface area (Å²) in [6.45, 7) is 11.0. The van der Waals surface area contributed by atoms with Crippen molar-refractivity contribution in [1.29, 1.82) is 0 Å². The molecule has 0 saturated carbocycles. The van der Waals surface area contributed by atoms with Crippen molar-refractivity contribution in [3.8, 4) is 11.5 Å². The van der Waals surface area contributed by atoms with Crippen molar-refractivity contribution in [2.45, 2.75) is 39.5 Å². The molecule has 0 fully saturated rings. The van der Waals surface area contributed by atoms with Crippen LogP contribution in [-0.2, 0) is 14.3 Å². The van der Waals surface area contributed by atoms with Crippen molar-refractivity contribution in [1.82, 2.24) is 0 Å². The molecule has 0 unspecified atom stereocenters. The lowest BCUT2D eigenvalue weighted by atomic mass is 10.1. The lowest BCUT2D eigenvalue weighted by molar-refractivity contribution is -0.139. The molecule has 1 heterocycles. The number of benzene rings is 1. The van der Waals surface area contributed by atoms with Crippen molar-refractivity contribution < 1.29 is 23.8 Å². The molecule has 0 spiro atoms. The minimum absolute atomic E-state index is 0.0342. The van der Waals surface area contributed by atoms with E-state index in [1.165, 1.54) is 13.0 Å². The van der Waals surface area contributed by atoms with Crippen molar-refractivity contribution in [3.63, 3.8) is 0 Å². The van der Waals surface area contributed by atoms with Crippen LogP contribution in [0.1, 0.15) is 34.6 Å². The Hall–Kier alpha value is -2.41. The van der Waals surface area contributed by atoms with E-state index in [0.29, 0.717) is 24.7 Å². The van der Waals surface area contributed by atoms with E-state index >= 15 is 0 Å². The Morgan fingerprint density at radius 3 is 2.21 bits per heavy atom. The first-order valence-corrected chi connectivity index (χ1v) is 10.3. The molecule has 0 saturated heterocycles. The van der Waals surface area contributed by atoms with Crippen LogP contribution in [0.25, 0.3) is 0 Å². The van der Waals surface area contributed by atoms with E-state index < -0.39 is 5.97 Å². The summed E-state index contributed by atoms with van der Waals surface area (Å²) in [4.78, 5) is 27.0. The highest BCUT2D eigenvalue weighted by Gasteiger charge is 2.27. The van der Waals surface area contributed by atoms with Gasteiger partial charge in [0.15, 0.2) is 17.3 Å². The molecule has 0 bridgehead atoms. The molecule has 1 aliphatic rings. The molecule has 7 heteroatoms. The summed E-state index contributed by atoms with van der Waals surface area (Å²) in [5.74, 6) is 0.484. The Kier molecular flexibility index (Phi) is 7.99. The van der Waals surface area contributed by atoms with Gasteiger partial charge in [-0.05, 0) is 46.8 Å². The molecule has 2 rings (SSSR count). The van der Waals surface area contributed by atoms with Gasteiger partial charge in [-0.2, -0.15) is 0 Å². The SMILES string of the molecule is CCOC(=O)/C(=C\C=C1\Sc2cc(OCC)c(OCC)cc2N1CC)C(C)=O. The molecule has 28 heavy (non-hydrogen) atoms. The van der Waals surface area contributed by atoms with Crippen LogP contribution in [-0.4, -0.2) is 38.1 Å². The summed E-state index contributed by atoms with van der Waals surface area (Å²) in [6.07, 6.45) is 3.31. The van der Waals surface area contributed by atoms with Crippen LogP contribution in [0.15, 0.2) is 39.8 Å². The number of allylic oxidation sites excluding steroid dienone is 2. The van der Waals surface area contributed by atoms with Gasteiger partial charge in [0.2, 0.25) is 0 Å². The standard InChI is InChI=1S/C21H27NO5S/c1-6-22-16-12-17(25-7-2)18(26-8-3)13-19(16)28-20(22)11-10-15(14(5)23)21(24)27-9-4/h10-13H,6-9H2,1-5H3/b15-10-,20-11+. The first-order valence-electron chi connectivity index (χ1n) is 9.45. The van der Waals surface area contributed by atoms with Crippen LogP contribution in [0.4, 0.5) is 5.69 Å². The van der Waals surface area contributed by atoms with Gasteiger partial charge in [-0.3, -0.25) is 4.79 Å². The molecule has 0 aromatic heterocycles. The number of esters is 1. The van der Waals surface area contributed by atoms with Gasteiger partial charge in [0, 0.05) is 23.6 Å². The van der Waals surface area contributed by atoms with Crippen molar-refractivity contribution in [2.75, 3.05) is 31.3 Å². The monoisotopic (exact) mass is 405 g/mol. The van der Waals surface area contributed by atoms with Gasteiger partial charge in [-0.1, -0.05) is 11.8 Å². The number of carbonyl (C=O) groups excluding carboxylic acids is 2. The van der Waals surface area contributed by atoms with Crippen molar-refractivity contribution in [2.24, 2.45) is 0 Å². The van der Waals surface area contributed by atoms with E-state index in [-0.39, 0.29) is 18.0 Å². The Morgan fingerprint density at radius 2 is 1.68 bits per heavy atom. The van der Waals surface area contributed by atoms with Crippen molar-refractivity contribution in [3.05, 3.63) is 34.9 Å². The Labute approximate surface area is 170 Å². The Bertz CT molecular complexity index is 800. The van der Waals surface area contributed by atoms with Gasteiger partial charge in [-0.25, -0.2) is 4.79 Å². The van der Waals surface area contributed by atoms with Crippen LogP contribution in [0, 0.1) is 0 Å². The zero-order valence-corrected chi connectivity index (χ0v) is 17.9. The predicted octanol–water partition coefficient (Wildman–Crippen LogP) is 4.34. The topological polar surface area (TPSA) is 65.1 Å². The maximum absolute atomic E-state index is 12.0. The number of anilines is 1. The van der Waals surface area contributed by atoms with E-state index in [1.807, 2.05) is 32.9 Å². The highest BCUT2D eigenvalue weighted by Crippen LogP contribution is 2.50. The summed E-state index contributed by atoms with van der Waals surface area (Å²) in [5, 5.41) is 0.914. The minimum atomic E-state index is -0.604. The lowest BCUT2D eigenvalue weighted by Crippen LogP contribution is -2.17. The summed E-state index contributed by atoms with van der Waals surface area (Å²) in [5.41, 5.74) is 1.05. The highest BCUT2D eigenvalue weighted by molar-refractivity contribution is 8.03. The molecular formula is C21H27NO5S. The number of nitrogens with zero attached hydrogens (tertiary/aromatic N) is 1. The van der Waals surface area contributed by atoms with Crippen LogP contribution in [0.5, 0.6) is 11.5 Å². The molecule has 0 atom stereocenters. The number of hydrogen-bond acceptors (Lipinski definition) is 7. The average Bonchev–Trinajstić information content (AvgIpc) is 2.98. The maximum atomic E-state index is 12.0. The number of rotatable bonds is 9. The third-order valence-electron chi connectivity index (χ3n) is 3.98. The molecule has 0 amide bonds. The number of Topliss-reactive ketones (excluding diaryl/α,β-unsaturated/α-hetero) is 1. The smallest absolute Gasteiger partial charge is 0.341 e. The van der Waals surface area contributed by atoms with E-state index in [9.17, 15) is 9.59 Å². The predicted molar refractivity (Wildman–Crippen MR) is 111 cm³/mol. The second-order valence-corrected chi connectivity index (χ2v) is 6.90. The number of carbonyl (C=O) groups is 2. The quantitative estimate of drug-likeness (QED) is 0.262. The molecule has 0 aliphatic carbocycles. The minimum Gasteiger partial charge on any atom is -0.490 e. The average molecular weight is 406 g/mol. The Morgan fingerprint density at radius 1 is 1.04 bits per heavy atom. The second kappa shape index (κ2) is 10.2. The van der Waals surface area contributed by atoms with Crippen LogP contribution in [0.2, 0.25) is 0 Å². The zero-order valence-electron chi connectivity index (χ0n) is 17.0. The van der Waals surface area contributed by atoms with Crippen LogP contribution < -0.4 is 14.4 Å². The number of hydrogen-bond donors (Lipinski definition) is 0. The fourth-order valence-corrected chi connectivity index (χ4v) is 3.93. The van der Waals surface area contributed by atoms with Crippen LogP contribution in [0.3, 0.4) is 0 Å². The maximum Gasteiger partial charge on any atom is 0.341 e. The molecule has 0 radical (unpaired) electrons. The Balaban J connectivity index is 2.41. The third-order valence-corrected chi connectivity index (χ3v) is 5.09. The largest absolute Gasteiger partial charge is 0.490 e. The summed E-state index contributed by atoms with van der Waals surface area (Å²) < 4.78 is 16.4. The molecule has 0 N–H and O–H groups in total. The summed E-state index contributed by atoms with van der Waals surface area (Å²) in [7, 11) is 0. The lowest BCUT2D eigenvalue weighted by Gasteiger charge is -2.19. The van der Waals surface area contributed by atoms with Gasteiger partial charge in [0.05, 0.1) is 30.5 Å². The first kappa shape index (κ1) is 21.9. The summed E-state index contributed by atoms with van der Waals surface area (Å²) >= 11 is 1.56. The number of thioether (sulfide) groups is 1. The van der Waals surface area contributed by atoms with Gasteiger partial charge in [0.1, 0.15) is 5.57 Å². The van der Waals surface area contributed by atoms with E-state index in [1.54, 1.807) is 24.8 Å². The molecule has 1 aromatic carbocycles. The van der Waals surface area contributed by atoms with Gasteiger partial charge < -0.3 is 19.1 Å². The first-order chi connectivity index (χ1) is 13.5. The number of ketones is 1. The fraction of sp³-hybridized carbons (Fsp3) is 0.429.